The van der Waals surface area contributed by atoms with E-state index in [-0.39, 0.29) is 11.3 Å². The summed E-state index contributed by atoms with van der Waals surface area (Å²) in [5.74, 6) is 0.428. The highest BCUT2D eigenvalue weighted by Gasteiger charge is 2.15. The number of carbonyl (C=O) groups excluding carboxylic acids is 2. The maximum absolute atomic E-state index is 12.5. The molecule has 132 valence electrons. The molecule has 0 bridgehead atoms. The minimum Gasteiger partial charge on any atom is -0.465 e. The zero-order valence-electron chi connectivity index (χ0n) is 14.0. The maximum atomic E-state index is 12.5. The predicted molar refractivity (Wildman–Crippen MR) is 92.3 cm³/mol. The Morgan fingerprint density at radius 3 is 2.65 bits per heavy atom. The van der Waals surface area contributed by atoms with Crippen LogP contribution in [0.2, 0.25) is 0 Å². The van der Waals surface area contributed by atoms with Crippen LogP contribution in [0.1, 0.15) is 26.6 Å². The van der Waals surface area contributed by atoms with Crippen LogP contribution in [0.15, 0.2) is 47.2 Å². The standard InChI is InChI=1S/C17H15N5O4/c1-10-7-15(22-26-10)21-14-8-13(18-9-19-14)16(23)20-12-6-4-3-5-11(12)17(24)25-2/h3-9H,1-2H3,(H,20,23)(H,18,19,21,22). The second-order valence-corrected chi connectivity index (χ2v) is 5.23. The summed E-state index contributed by atoms with van der Waals surface area (Å²) in [5, 5.41) is 9.35. The molecule has 26 heavy (non-hydrogen) atoms. The van der Waals surface area contributed by atoms with Gasteiger partial charge in [-0.2, -0.15) is 0 Å². The van der Waals surface area contributed by atoms with Gasteiger partial charge in [0.05, 0.1) is 18.4 Å². The average Bonchev–Trinajstić information content (AvgIpc) is 3.06. The highest BCUT2D eigenvalue weighted by molar-refractivity contribution is 6.07. The first kappa shape index (κ1) is 17.1. The lowest BCUT2D eigenvalue weighted by Gasteiger charge is -2.09. The molecule has 9 nitrogen and oxygen atoms in total. The Morgan fingerprint density at radius 2 is 1.92 bits per heavy atom. The lowest BCUT2D eigenvalue weighted by molar-refractivity contribution is 0.0602. The predicted octanol–water partition coefficient (Wildman–Crippen LogP) is 2.56. The van der Waals surface area contributed by atoms with Gasteiger partial charge in [0.25, 0.3) is 5.91 Å². The third-order valence-corrected chi connectivity index (χ3v) is 3.36. The van der Waals surface area contributed by atoms with Crippen LogP contribution < -0.4 is 10.6 Å². The van der Waals surface area contributed by atoms with Crippen molar-refractivity contribution in [2.75, 3.05) is 17.7 Å². The molecule has 3 rings (SSSR count). The van der Waals surface area contributed by atoms with Gasteiger partial charge in [0.15, 0.2) is 5.82 Å². The topological polar surface area (TPSA) is 119 Å². The Bertz CT molecular complexity index is 954. The van der Waals surface area contributed by atoms with E-state index >= 15 is 0 Å². The molecule has 0 unspecified atom stereocenters. The van der Waals surface area contributed by atoms with Gasteiger partial charge in [-0.1, -0.05) is 17.3 Å². The van der Waals surface area contributed by atoms with E-state index in [4.69, 9.17) is 9.26 Å². The Hall–Kier alpha value is -3.75. The molecule has 2 aromatic heterocycles. The number of benzene rings is 1. The van der Waals surface area contributed by atoms with Gasteiger partial charge in [-0.15, -0.1) is 0 Å². The smallest absolute Gasteiger partial charge is 0.339 e. The average molecular weight is 353 g/mol. The molecule has 0 spiro atoms. The summed E-state index contributed by atoms with van der Waals surface area (Å²) in [6.07, 6.45) is 1.25. The van der Waals surface area contributed by atoms with Crippen molar-refractivity contribution in [3.8, 4) is 0 Å². The van der Waals surface area contributed by atoms with Gasteiger partial charge in [-0.3, -0.25) is 4.79 Å². The number of anilines is 3. The minimum atomic E-state index is -0.549. The highest BCUT2D eigenvalue weighted by Crippen LogP contribution is 2.18. The lowest BCUT2D eigenvalue weighted by Crippen LogP contribution is -2.17. The number of aryl methyl sites for hydroxylation is 1. The van der Waals surface area contributed by atoms with Gasteiger partial charge in [0.1, 0.15) is 23.6 Å². The molecular weight excluding hydrogens is 338 g/mol. The largest absolute Gasteiger partial charge is 0.465 e. The first-order valence-electron chi connectivity index (χ1n) is 7.58. The normalized spacial score (nSPS) is 10.2. The third kappa shape index (κ3) is 3.83. The zero-order chi connectivity index (χ0) is 18.5. The Labute approximate surface area is 148 Å². The lowest BCUT2D eigenvalue weighted by atomic mass is 10.1. The number of nitrogens with one attached hydrogen (secondary N) is 2. The fourth-order valence-corrected chi connectivity index (χ4v) is 2.17. The summed E-state index contributed by atoms with van der Waals surface area (Å²) >= 11 is 0. The van der Waals surface area contributed by atoms with Crippen LogP contribution in [-0.2, 0) is 4.74 Å². The van der Waals surface area contributed by atoms with Gasteiger partial charge in [0.2, 0.25) is 0 Å². The number of amides is 1. The molecule has 0 aliphatic heterocycles. The Morgan fingerprint density at radius 1 is 1.12 bits per heavy atom. The number of para-hydroxylation sites is 1. The molecule has 1 aromatic carbocycles. The molecule has 0 radical (unpaired) electrons. The van der Waals surface area contributed by atoms with Crippen LogP contribution in [0.4, 0.5) is 17.3 Å². The number of carbonyl (C=O) groups is 2. The van der Waals surface area contributed by atoms with Crippen molar-refractivity contribution in [1.82, 2.24) is 15.1 Å². The number of esters is 1. The first-order chi connectivity index (χ1) is 12.6. The minimum absolute atomic E-state index is 0.113. The summed E-state index contributed by atoms with van der Waals surface area (Å²) in [7, 11) is 1.27. The monoisotopic (exact) mass is 353 g/mol. The van der Waals surface area contributed by atoms with Crippen molar-refractivity contribution in [2.45, 2.75) is 6.92 Å². The van der Waals surface area contributed by atoms with Crippen molar-refractivity contribution in [3.63, 3.8) is 0 Å². The maximum Gasteiger partial charge on any atom is 0.339 e. The van der Waals surface area contributed by atoms with E-state index in [0.717, 1.165) is 0 Å². The van der Waals surface area contributed by atoms with Crippen LogP contribution in [0, 0.1) is 6.92 Å². The second-order valence-electron chi connectivity index (χ2n) is 5.23. The van der Waals surface area contributed by atoms with Crippen molar-refractivity contribution >= 4 is 29.2 Å². The number of ether oxygens (including phenoxy) is 1. The number of nitrogens with zero attached hydrogens (tertiary/aromatic N) is 3. The molecule has 0 atom stereocenters. The Kier molecular flexibility index (Phi) is 4.88. The first-order valence-corrected chi connectivity index (χ1v) is 7.58. The van der Waals surface area contributed by atoms with Crippen molar-refractivity contribution in [2.24, 2.45) is 0 Å². The van der Waals surface area contributed by atoms with E-state index in [2.05, 4.69) is 25.8 Å². The van der Waals surface area contributed by atoms with Crippen LogP contribution in [0.25, 0.3) is 0 Å². The number of rotatable bonds is 5. The quantitative estimate of drug-likeness (QED) is 0.672. The van der Waals surface area contributed by atoms with E-state index in [1.54, 1.807) is 37.3 Å². The van der Waals surface area contributed by atoms with E-state index < -0.39 is 11.9 Å². The summed E-state index contributed by atoms with van der Waals surface area (Å²) in [6.45, 7) is 1.76. The van der Waals surface area contributed by atoms with E-state index in [1.807, 2.05) is 0 Å². The molecule has 0 aliphatic rings. The van der Waals surface area contributed by atoms with Gasteiger partial charge >= 0.3 is 5.97 Å². The van der Waals surface area contributed by atoms with Gasteiger partial charge in [0, 0.05) is 12.1 Å². The van der Waals surface area contributed by atoms with Crippen molar-refractivity contribution < 1.29 is 18.8 Å². The Balaban J connectivity index is 1.79. The molecule has 0 saturated carbocycles. The number of aromatic nitrogens is 3. The van der Waals surface area contributed by atoms with Crippen LogP contribution in [0.5, 0.6) is 0 Å². The molecule has 9 heteroatoms. The third-order valence-electron chi connectivity index (χ3n) is 3.36. The van der Waals surface area contributed by atoms with Gasteiger partial charge in [-0.05, 0) is 19.1 Å². The summed E-state index contributed by atoms with van der Waals surface area (Å²) in [4.78, 5) is 32.2. The zero-order valence-corrected chi connectivity index (χ0v) is 14.0. The number of hydrogen-bond acceptors (Lipinski definition) is 8. The molecule has 3 aromatic rings. The SMILES string of the molecule is COC(=O)c1ccccc1NC(=O)c1cc(Nc2cc(C)on2)ncn1. The fourth-order valence-electron chi connectivity index (χ4n) is 2.17. The summed E-state index contributed by atoms with van der Waals surface area (Å²) in [6, 6.07) is 9.68. The fraction of sp³-hybridized carbons (Fsp3) is 0.118. The summed E-state index contributed by atoms with van der Waals surface area (Å²) < 4.78 is 9.67. The van der Waals surface area contributed by atoms with Crippen molar-refractivity contribution in [3.05, 3.63) is 59.7 Å². The van der Waals surface area contributed by atoms with Gasteiger partial charge < -0.3 is 19.9 Å². The molecule has 2 N–H and O–H groups in total. The second kappa shape index (κ2) is 7.43. The molecule has 2 heterocycles. The van der Waals surface area contributed by atoms with Gasteiger partial charge in [-0.25, -0.2) is 14.8 Å². The molecule has 0 aliphatic carbocycles. The molecule has 1 amide bonds. The number of methoxy groups -OCH3 is 1. The molecular formula is C17H15N5O4. The van der Waals surface area contributed by atoms with Crippen LogP contribution in [0.3, 0.4) is 0 Å². The van der Waals surface area contributed by atoms with Crippen LogP contribution >= 0.6 is 0 Å². The van der Waals surface area contributed by atoms with Crippen LogP contribution in [-0.4, -0.2) is 34.1 Å². The van der Waals surface area contributed by atoms with E-state index in [1.165, 1.54) is 19.5 Å². The van der Waals surface area contributed by atoms with E-state index in [0.29, 0.717) is 23.1 Å². The molecule has 0 saturated heterocycles. The highest BCUT2D eigenvalue weighted by atomic mass is 16.5. The summed E-state index contributed by atoms with van der Waals surface area (Å²) in [5.41, 5.74) is 0.681. The number of hydrogen-bond donors (Lipinski definition) is 2. The van der Waals surface area contributed by atoms with E-state index in [9.17, 15) is 9.59 Å². The van der Waals surface area contributed by atoms with Crippen molar-refractivity contribution in [1.29, 1.82) is 0 Å². The molecule has 0 fully saturated rings.